The Morgan fingerprint density at radius 1 is 1.30 bits per heavy atom. The van der Waals surface area contributed by atoms with Crippen LogP contribution in [0.15, 0.2) is 24.3 Å². The Balaban J connectivity index is 1.93. The predicted molar refractivity (Wildman–Crippen MR) is 83.2 cm³/mol. The van der Waals surface area contributed by atoms with E-state index in [2.05, 4.69) is 26.1 Å². The molecule has 0 saturated carbocycles. The molecule has 1 aromatic rings. The van der Waals surface area contributed by atoms with Crippen molar-refractivity contribution in [3.63, 3.8) is 0 Å². The molecule has 0 aliphatic carbocycles. The van der Waals surface area contributed by atoms with Crippen LogP contribution in [-0.2, 0) is 10.2 Å². The first-order valence-electron chi connectivity index (χ1n) is 6.68. The van der Waals surface area contributed by atoms with Crippen molar-refractivity contribution in [2.45, 2.75) is 26.2 Å². The molecule has 108 valence electrons. The number of benzene rings is 1. The fraction of sp³-hybridized carbons (Fsp3) is 0.467. The topological polar surface area (TPSA) is 49.4 Å². The van der Waals surface area contributed by atoms with Gasteiger partial charge in [-0.25, -0.2) is 0 Å². The first kappa shape index (κ1) is 14.9. The second-order valence-corrected chi connectivity index (χ2v) is 6.96. The van der Waals surface area contributed by atoms with Crippen molar-refractivity contribution in [3.8, 4) is 0 Å². The number of rotatable bonds is 3. The molecule has 0 atom stereocenters. The minimum atomic E-state index is -0.149. The Labute approximate surface area is 123 Å². The van der Waals surface area contributed by atoms with Crippen LogP contribution in [0.1, 0.15) is 26.3 Å². The molecule has 1 fully saturated rings. The molecule has 0 unspecified atom stereocenters. The van der Waals surface area contributed by atoms with E-state index < -0.39 is 0 Å². The number of amides is 2. The highest BCUT2D eigenvalue weighted by atomic mass is 32.2. The highest BCUT2D eigenvalue weighted by Gasteiger charge is 2.23. The third-order valence-electron chi connectivity index (χ3n) is 3.21. The van der Waals surface area contributed by atoms with Gasteiger partial charge in [-0.2, -0.15) is 0 Å². The summed E-state index contributed by atoms with van der Waals surface area (Å²) in [6.07, 6.45) is 0. The summed E-state index contributed by atoms with van der Waals surface area (Å²) in [6, 6.07) is 7.84. The van der Waals surface area contributed by atoms with E-state index in [1.165, 1.54) is 17.3 Å². The van der Waals surface area contributed by atoms with Gasteiger partial charge in [0.05, 0.1) is 0 Å². The Morgan fingerprint density at radius 2 is 1.95 bits per heavy atom. The second-order valence-electron chi connectivity index (χ2n) is 5.91. The Kier molecular flexibility index (Phi) is 4.38. The van der Waals surface area contributed by atoms with Crippen molar-refractivity contribution < 1.29 is 9.59 Å². The number of hydrogen-bond acceptors (Lipinski definition) is 3. The molecule has 2 rings (SSSR count). The van der Waals surface area contributed by atoms with Crippen molar-refractivity contribution in [2.24, 2.45) is 0 Å². The first-order valence-corrected chi connectivity index (χ1v) is 7.67. The van der Waals surface area contributed by atoms with E-state index in [-0.39, 0.29) is 23.1 Å². The summed E-state index contributed by atoms with van der Waals surface area (Å²) in [7, 11) is 0. The molecule has 0 spiro atoms. The largest absolute Gasteiger partial charge is 0.325 e. The molecule has 4 nitrogen and oxygen atoms in total. The lowest BCUT2D eigenvalue weighted by Crippen LogP contribution is -2.33. The van der Waals surface area contributed by atoms with Crippen LogP contribution < -0.4 is 5.32 Å². The molecule has 1 N–H and O–H groups in total. The number of thioether (sulfide) groups is 1. The van der Waals surface area contributed by atoms with Gasteiger partial charge in [-0.1, -0.05) is 44.7 Å². The first-order chi connectivity index (χ1) is 9.36. The quantitative estimate of drug-likeness (QED) is 0.931. The van der Waals surface area contributed by atoms with Crippen LogP contribution in [0.5, 0.6) is 0 Å². The van der Waals surface area contributed by atoms with E-state index in [9.17, 15) is 9.59 Å². The maximum Gasteiger partial charge on any atom is 0.282 e. The second kappa shape index (κ2) is 5.87. The van der Waals surface area contributed by atoms with Crippen molar-refractivity contribution >= 4 is 28.6 Å². The molecule has 1 aliphatic rings. The summed E-state index contributed by atoms with van der Waals surface area (Å²) in [6.45, 7) is 7.23. The Bertz CT molecular complexity index is 506. The van der Waals surface area contributed by atoms with Gasteiger partial charge < -0.3 is 10.2 Å². The van der Waals surface area contributed by atoms with Crippen LogP contribution >= 0.6 is 11.8 Å². The molecule has 1 aromatic carbocycles. The van der Waals surface area contributed by atoms with Gasteiger partial charge in [0.1, 0.15) is 6.54 Å². The fourth-order valence-electron chi connectivity index (χ4n) is 2.00. The molecule has 2 amide bonds. The summed E-state index contributed by atoms with van der Waals surface area (Å²) in [5, 5.41) is 2.82. The van der Waals surface area contributed by atoms with Crippen molar-refractivity contribution in [3.05, 3.63) is 29.8 Å². The number of hydrogen-bond donors (Lipinski definition) is 1. The normalized spacial score (nSPS) is 15.6. The zero-order chi connectivity index (χ0) is 14.8. The maximum absolute atomic E-state index is 11.9. The third-order valence-corrected chi connectivity index (χ3v) is 4.11. The predicted octanol–water partition coefficient (Wildman–Crippen LogP) is 3.09. The summed E-state index contributed by atoms with van der Waals surface area (Å²) in [4.78, 5) is 24.9. The molecule has 1 saturated heterocycles. The van der Waals surface area contributed by atoms with Gasteiger partial charge in [0.2, 0.25) is 5.91 Å². The average Bonchev–Trinajstić information content (AvgIpc) is 2.74. The molecule has 20 heavy (non-hydrogen) atoms. The van der Waals surface area contributed by atoms with E-state index in [0.717, 1.165) is 11.4 Å². The highest BCUT2D eigenvalue weighted by Crippen LogP contribution is 2.23. The van der Waals surface area contributed by atoms with Gasteiger partial charge in [0.15, 0.2) is 0 Å². The van der Waals surface area contributed by atoms with E-state index in [0.29, 0.717) is 6.54 Å². The lowest BCUT2D eigenvalue weighted by Gasteiger charge is -2.19. The van der Waals surface area contributed by atoms with Crippen molar-refractivity contribution in [2.75, 3.05) is 24.2 Å². The van der Waals surface area contributed by atoms with E-state index in [1.807, 2.05) is 24.3 Å². The highest BCUT2D eigenvalue weighted by molar-refractivity contribution is 8.13. The molecule has 1 aliphatic heterocycles. The zero-order valence-corrected chi connectivity index (χ0v) is 12.9. The molecular formula is C15H20N2O2S. The maximum atomic E-state index is 11.9. The van der Waals surface area contributed by atoms with Crippen LogP contribution in [-0.4, -0.2) is 34.9 Å². The summed E-state index contributed by atoms with van der Waals surface area (Å²) in [5.74, 6) is 0.621. The molecule has 0 radical (unpaired) electrons. The van der Waals surface area contributed by atoms with Crippen LogP contribution in [0.4, 0.5) is 10.5 Å². The van der Waals surface area contributed by atoms with Crippen molar-refractivity contribution in [1.29, 1.82) is 0 Å². The van der Waals surface area contributed by atoms with E-state index in [4.69, 9.17) is 0 Å². The molecule has 0 aromatic heterocycles. The third kappa shape index (κ3) is 3.76. The average molecular weight is 292 g/mol. The molecule has 1 heterocycles. The lowest BCUT2D eigenvalue weighted by atomic mass is 9.87. The van der Waals surface area contributed by atoms with E-state index >= 15 is 0 Å². The smallest absolute Gasteiger partial charge is 0.282 e. The van der Waals surface area contributed by atoms with Crippen LogP contribution in [0.25, 0.3) is 0 Å². The minimum absolute atomic E-state index is 0.0109. The van der Waals surface area contributed by atoms with Gasteiger partial charge in [0, 0.05) is 18.0 Å². The minimum Gasteiger partial charge on any atom is -0.325 e. The standard InChI is InChI=1S/C15H20N2O2S/c1-15(2,3)11-4-6-12(7-5-11)16-13(18)10-17-8-9-20-14(17)19/h4-7H,8-10H2,1-3H3,(H,16,18). The summed E-state index contributed by atoms with van der Waals surface area (Å²) in [5.41, 5.74) is 2.09. The van der Waals surface area contributed by atoms with Crippen molar-refractivity contribution in [1.82, 2.24) is 4.90 Å². The van der Waals surface area contributed by atoms with Crippen LogP contribution in [0.3, 0.4) is 0 Å². The van der Waals surface area contributed by atoms with Gasteiger partial charge in [-0.3, -0.25) is 9.59 Å². The Morgan fingerprint density at radius 3 is 2.45 bits per heavy atom. The number of anilines is 1. The SMILES string of the molecule is CC(C)(C)c1ccc(NC(=O)CN2CCSC2=O)cc1. The number of nitrogens with one attached hydrogen (secondary N) is 1. The summed E-state index contributed by atoms with van der Waals surface area (Å²) >= 11 is 1.27. The van der Waals surface area contributed by atoms with Gasteiger partial charge >= 0.3 is 0 Å². The van der Waals surface area contributed by atoms with Gasteiger partial charge in [-0.15, -0.1) is 0 Å². The van der Waals surface area contributed by atoms with Gasteiger partial charge in [0.25, 0.3) is 5.24 Å². The lowest BCUT2D eigenvalue weighted by molar-refractivity contribution is -0.116. The van der Waals surface area contributed by atoms with Gasteiger partial charge in [-0.05, 0) is 23.1 Å². The molecular weight excluding hydrogens is 272 g/mol. The van der Waals surface area contributed by atoms with Crippen LogP contribution in [0.2, 0.25) is 0 Å². The zero-order valence-electron chi connectivity index (χ0n) is 12.1. The molecule has 5 heteroatoms. The monoisotopic (exact) mass is 292 g/mol. The number of nitrogens with zero attached hydrogens (tertiary/aromatic N) is 1. The van der Waals surface area contributed by atoms with Crippen LogP contribution in [0, 0.1) is 0 Å². The number of carbonyl (C=O) groups excluding carboxylic acids is 2. The number of carbonyl (C=O) groups is 2. The Hall–Kier alpha value is -1.49. The summed E-state index contributed by atoms with van der Waals surface area (Å²) < 4.78 is 0. The fourth-order valence-corrected chi connectivity index (χ4v) is 2.82. The van der Waals surface area contributed by atoms with E-state index in [1.54, 1.807) is 4.90 Å². The molecule has 0 bridgehead atoms.